The molecular weight excluding hydrogens is 378 g/mol. The second-order valence-corrected chi connectivity index (χ2v) is 6.50. The number of hydrogen-bond acceptors (Lipinski definition) is 7. The highest BCUT2D eigenvalue weighted by molar-refractivity contribution is 5.97. The number of nitrogens with zero attached hydrogens (tertiary/aromatic N) is 2. The van der Waals surface area contributed by atoms with Gasteiger partial charge in [-0.2, -0.15) is 0 Å². The van der Waals surface area contributed by atoms with Gasteiger partial charge in [-0.3, -0.25) is 14.9 Å². The van der Waals surface area contributed by atoms with E-state index in [0.29, 0.717) is 24.5 Å². The molecule has 0 unspecified atom stereocenters. The summed E-state index contributed by atoms with van der Waals surface area (Å²) in [5.41, 5.74) is 1.43. The third-order valence-corrected chi connectivity index (χ3v) is 4.50. The second-order valence-electron chi connectivity index (χ2n) is 6.50. The fourth-order valence-electron chi connectivity index (χ4n) is 3.05. The molecule has 2 aromatic rings. The van der Waals surface area contributed by atoms with Crippen molar-refractivity contribution in [3.63, 3.8) is 0 Å². The third kappa shape index (κ3) is 5.08. The maximum atomic E-state index is 12.2. The van der Waals surface area contributed by atoms with E-state index >= 15 is 0 Å². The van der Waals surface area contributed by atoms with Gasteiger partial charge in [0.1, 0.15) is 5.56 Å². The average molecular weight is 399 g/mol. The Balaban J connectivity index is 1.55. The zero-order chi connectivity index (χ0) is 20.8. The second kappa shape index (κ2) is 9.16. The number of aryl methyl sites for hydroxylation is 1. The van der Waals surface area contributed by atoms with Gasteiger partial charge in [-0.25, -0.2) is 4.79 Å². The number of morpholine rings is 1. The highest BCUT2D eigenvalue weighted by Gasteiger charge is 2.24. The smallest absolute Gasteiger partial charge is 0.345 e. The molecule has 1 heterocycles. The van der Waals surface area contributed by atoms with Gasteiger partial charge in [0.25, 0.3) is 11.6 Å². The Labute approximate surface area is 167 Å². The van der Waals surface area contributed by atoms with E-state index in [-0.39, 0.29) is 11.3 Å². The van der Waals surface area contributed by atoms with E-state index in [1.165, 1.54) is 25.1 Å². The number of nitro benzene ring substituents is 1. The number of hydrogen-bond donors (Lipinski definition) is 1. The quantitative estimate of drug-likeness (QED) is 0.451. The lowest BCUT2D eigenvalue weighted by Gasteiger charge is -2.28. The van der Waals surface area contributed by atoms with Crippen LogP contribution in [0.5, 0.6) is 0 Å². The minimum Gasteiger partial charge on any atom is -0.452 e. The van der Waals surface area contributed by atoms with Crippen molar-refractivity contribution in [2.75, 3.05) is 43.1 Å². The molecule has 0 radical (unpaired) electrons. The van der Waals surface area contributed by atoms with Crippen LogP contribution in [0.3, 0.4) is 0 Å². The Kier molecular flexibility index (Phi) is 6.40. The summed E-state index contributed by atoms with van der Waals surface area (Å²) in [6, 6.07) is 11.7. The Morgan fingerprint density at radius 1 is 1.17 bits per heavy atom. The van der Waals surface area contributed by atoms with Gasteiger partial charge in [-0.15, -0.1) is 0 Å². The van der Waals surface area contributed by atoms with Gasteiger partial charge in [0.05, 0.1) is 18.1 Å². The number of benzene rings is 2. The van der Waals surface area contributed by atoms with Crippen molar-refractivity contribution >= 4 is 28.9 Å². The monoisotopic (exact) mass is 399 g/mol. The molecule has 152 valence electrons. The summed E-state index contributed by atoms with van der Waals surface area (Å²) in [6.07, 6.45) is 0. The largest absolute Gasteiger partial charge is 0.452 e. The van der Waals surface area contributed by atoms with E-state index in [1.54, 1.807) is 12.1 Å². The van der Waals surface area contributed by atoms with Crippen molar-refractivity contribution in [1.29, 1.82) is 0 Å². The molecule has 0 aromatic heterocycles. The summed E-state index contributed by atoms with van der Waals surface area (Å²) in [6.45, 7) is 3.97. The predicted molar refractivity (Wildman–Crippen MR) is 106 cm³/mol. The van der Waals surface area contributed by atoms with Crippen LogP contribution in [-0.2, 0) is 14.3 Å². The summed E-state index contributed by atoms with van der Waals surface area (Å²) in [5.74, 6) is -1.45. The van der Waals surface area contributed by atoms with Gasteiger partial charge >= 0.3 is 5.97 Å². The molecule has 3 rings (SSSR count). The molecule has 0 saturated carbocycles. The molecule has 1 saturated heterocycles. The van der Waals surface area contributed by atoms with E-state index in [2.05, 4.69) is 10.2 Å². The van der Waals surface area contributed by atoms with Crippen molar-refractivity contribution in [2.45, 2.75) is 6.92 Å². The number of rotatable bonds is 6. The summed E-state index contributed by atoms with van der Waals surface area (Å²) in [7, 11) is 0. The Morgan fingerprint density at radius 3 is 2.52 bits per heavy atom. The highest BCUT2D eigenvalue weighted by Crippen LogP contribution is 2.24. The van der Waals surface area contributed by atoms with Crippen molar-refractivity contribution < 1.29 is 24.0 Å². The molecule has 9 heteroatoms. The Hall–Kier alpha value is -3.46. The molecule has 0 aliphatic carbocycles. The number of carbonyl (C=O) groups is 2. The zero-order valence-corrected chi connectivity index (χ0v) is 15.9. The lowest BCUT2D eigenvalue weighted by atomic mass is 10.1. The number of ether oxygens (including phenoxy) is 2. The molecule has 0 atom stereocenters. The number of nitro groups is 1. The SMILES string of the molecule is Cc1cccc(C(=O)OCC(=O)Nc2ccc(N3CCOCC3)cc2)c1[N+](=O)[O-]. The fraction of sp³-hybridized carbons (Fsp3) is 0.300. The van der Waals surface area contributed by atoms with E-state index in [4.69, 9.17) is 9.47 Å². The van der Waals surface area contributed by atoms with Gasteiger partial charge in [-0.1, -0.05) is 12.1 Å². The van der Waals surface area contributed by atoms with Crippen molar-refractivity contribution in [3.8, 4) is 0 Å². The van der Waals surface area contributed by atoms with Crippen LogP contribution >= 0.6 is 0 Å². The summed E-state index contributed by atoms with van der Waals surface area (Å²) >= 11 is 0. The molecule has 1 amide bonds. The maximum Gasteiger partial charge on any atom is 0.345 e. The lowest BCUT2D eigenvalue weighted by molar-refractivity contribution is -0.385. The maximum absolute atomic E-state index is 12.2. The summed E-state index contributed by atoms with van der Waals surface area (Å²) in [5, 5.41) is 13.8. The lowest BCUT2D eigenvalue weighted by Crippen LogP contribution is -2.36. The first-order chi connectivity index (χ1) is 14.0. The summed E-state index contributed by atoms with van der Waals surface area (Å²) in [4.78, 5) is 37.0. The van der Waals surface area contributed by atoms with Crippen LogP contribution in [0.4, 0.5) is 17.1 Å². The first-order valence-corrected chi connectivity index (χ1v) is 9.09. The minimum atomic E-state index is -0.918. The number of amides is 1. The van der Waals surface area contributed by atoms with Crippen LogP contribution in [0.15, 0.2) is 42.5 Å². The van der Waals surface area contributed by atoms with Crippen LogP contribution in [0.1, 0.15) is 15.9 Å². The normalized spacial score (nSPS) is 13.6. The Bertz CT molecular complexity index is 907. The number of anilines is 2. The molecule has 0 spiro atoms. The molecule has 2 aromatic carbocycles. The topological polar surface area (TPSA) is 111 Å². The molecule has 1 fully saturated rings. The van der Waals surface area contributed by atoms with E-state index in [9.17, 15) is 19.7 Å². The zero-order valence-electron chi connectivity index (χ0n) is 15.9. The Morgan fingerprint density at radius 2 is 1.86 bits per heavy atom. The highest BCUT2D eigenvalue weighted by atomic mass is 16.6. The number of carbonyl (C=O) groups excluding carboxylic acids is 2. The van der Waals surface area contributed by atoms with Gasteiger partial charge in [0.15, 0.2) is 6.61 Å². The van der Waals surface area contributed by atoms with E-state index in [1.807, 2.05) is 12.1 Å². The van der Waals surface area contributed by atoms with Crippen molar-refractivity contribution in [3.05, 3.63) is 63.7 Å². The van der Waals surface area contributed by atoms with Gasteiger partial charge in [0, 0.05) is 30.0 Å². The standard InChI is InChI=1S/C20H21N3O6/c1-14-3-2-4-17(19(14)23(26)27)20(25)29-13-18(24)21-15-5-7-16(8-6-15)22-9-11-28-12-10-22/h2-8H,9-13H2,1H3,(H,21,24). The van der Waals surface area contributed by atoms with Crippen LogP contribution in [0, 0.1) is 17.0 Å². The number of nitrogens with one attached hydrogen (secondary N) is 1. The number of esters is 1. The van der Waals surface area contributed by atoms with Gasteiger partial charge < -0.3 is 19.7 Å². The van der Waals surface area contributed by atoms with E-state index in [0.717, 1.165) is 18.8 Å². The molecule has 1 aliphatic rings. The van der Waals surface area contributed by atoms with E-state index < -0.39 is 23.4 Å². The summed E-state index contributed by atoms with van der Waals surface area (Å²) < 4.78 is 10.3. The fourth-order valence-corrected chi connectivity index (χ4v) is 3.05. The number of para-hydroxylation sites is 1. The minimum absolute atomic E-state index is 0.183. The van der Waals surface area contributed by atoms with Crippen molar-refractivity contribution in [2.24, 2.45) is 0 Å². The molecule has 9 nitrogen and oxygen atoms in total. The molecule has 0 bridgehead atoms. The molecule has 29 heavy (non-hydrogen) atoms. The van der Waals surface area contributed by atoms with Crippen LogP contribution in [-0.4, -0.2) is 49.7 Å². The molecule has 1 N–H and O–H groups in total. The van der Waals surface area contributed by atoms with Crippen LogP contribution in [0.25, 0.3) is 0 Å². The predicted octanol–water partition coefficient (Wildman–Crippen LogP) is 2.54. The van der Waals surface area contributed by atoms with Crippen LogP contribution in [0.2, 0.25) is 0 Å². The third-order valence-electron chi connectivity index (χ3n) is 4.50. The van der Waals surface area contributed by atoms with Gasteiger partial charge in [0.2, 0.25) is 0 Å². The molecular formula is C20H21N3O6. The first kappa shape index (κ1) is 20.3. The molecule has 1 aliphatic heterocycles. The first-order valence-electron chi connectivity index (χ1n) is 9.09. The van der Waals surface area contributed by atoms with Crippen molar-refractivity contribution in [1.82, 2.24) is 0 Å². The van der Waals surface area contributed by atoms with Crippen LogP contribution < -0.4 is 10.2 Å². The van der Waals surface area contributed by atoms with Gasteiger partial charge in [-0.05, 0) is 37.3 Å². The average Bonchev–Trinajstić information content (AvgIpc) is 2.72.